The molecular formula is C22H17Cl2N3O2. The van der Waals surface area contributed by atoms with Crippen LogP contribution in [0, 0.1) is 0 Å². The summed E-state index contributed by atoms with van der Waals surface area (Å²) < 4.78 is 7.69. The van der Waals surface area contributed by atoms with E-state index < -0.39 is 0 Å². The van der Waals surface area contributed by atoms with Gasteiger partial charge < -0.3 is 14.6 Å². The van der Waals surface area contributed by atoms with Crippen molar-refractivity contribution >= 4 is 46.1 Å². The average molecular weight is 426 g/mol. The molecule has 29 heavy (non-hydrogen) atoms. The zero-order chi connectivity index (χ0) is 20.4. The van der Waals surface area contributed by atoms with Crippen molar-refractivity contribution in [1.82, 2.24) is 9.55 Å². The van der Waals surface area contributed by atoms with E-state index in [4.69, 9.17) is 27.9 Å². The fourth-order valence-corrected chi connectivity index (χ4v) is 3.37. The second-order valence-electron chi connectivity index (χ2n) is 6.56. The van der Waals surface area contributed by atoms with Crippen molar-refractivity contribution in [2.75, 3.05) is 5.32 Å². The van der Waals surface area contributed by atoms with Crippen LogP contribution in [0.5, 0.6) is 11.6 Å². The lowest BCUT2D eigenvalue weighted by atomic mass is 10.2. The normalized spacial score (nSPS) is 10.9. The monoisotopic (exact) mass is 425 g/mol. The van der Waals surface area contributed by atoms with Crippen LogP contribution in [-0.4, -0.2) is 15.8 Å². The van der Waals surface area contributed by atoms with Gasteiger partial charge in [0.15, 0.2) is 6.29 Å². The van der Waals surface area contributed by atoms with Gasteiger partial charge in [0.05, 0.1) is 27.6 Å². The number of hydrogen-bond donors (Lipinski definition) is 1. The van der Waals surface area contributed by atoms with Crippen LogP contribution < -0.4 is 10.1 Å². The molecule has 0 unspecified atom stereocenters. The first-order valence-electron chi connectivity index (χ1n) is 8.90. The summed E-state index contributed by atoms with van der Waals surface area (Å²) in [4.78, 5) is 15.4. The molecule has 0 aliphatic rings. The molecule has 2 aromatic carbocycles. The van der Waals surface area contributed by atoms with Gasteiger partial charge in [-0.15, -0.1) is 0 Å². The van der Waals surface area contributed by atoms with Gasteiger partial charge in [-0.3, -0.25) is 4.79 Å². The third kappa shape index (κ3) is 4.21. The van der Waals surface area contributed by atoms with Crippen molar-refractivity contribution in [3.63, 3.8) is 0 Å². The molecule has 2 aromatic heterocycles. The Morgan fingerprint density at radius 1 is 1.07 bits per heavy atom. The number of ether oxygens (including phenoxy) is 1. The molecule has 1 N–H and O–H groups in total. The van der Waals surface area contributed by atoms with E-state index in [-0.39, 0.29) is 0 Å². The summed E-state index contributed by atoms with van der Waals surface area (Å²) in [5, 5.41) is 5.29. The molecule has 0 fully saturated rings. The molecule has 0 saturated heterocycles. The van der Waals surface area contributed by atoms with Crippen LogP contribution in [0.4, 0.5) is 5.69 Å². The maximum Gasteiger partial charge on any atom is 0.219 e. The lowest BCUT2D eigenvalue weighted by molar-refractivity contribution is 0.111. The minimum absolute atomic E-state index is 0.482. The molecular weight excluding hydrogens is 409 g/mol. The molecule has 7 heteroatoms. The van der Waals surface area contributed by atoms with Gasteiger partial charge >= 0.3 is 0 Å². The molecule has 0 bridgehead atoms. The summed E-state index contributed by atoms with van der Waals surface area (Å²) in [6.45, 7) is 0.600. The maximum atomic E-state index is 11.1. The molecule has 0 spiro atoms. The van der Waals surface area contributed by atoms with Gasteiger partial charge in [0.1, 0.15) is 5.75 Å². The predicted octanol–water partition coefficient (Wildman–Crippen LogP) is 6.10. The summed E-state index contributed by atoms with van der Waals surface area (Å²) in [7, 11) is 1.86. The molecule has 5 nitrogen and oxygen atoms in total. The Balaban J connectivity index is 1.43. The molecule has 146 valence electrons. The number of benzene rings is 2. The van der Waals surface area contributed by atoms with Crippen molar-refractivity contribution in [1.29, 1.82) is 0 Å². The van der Waals surface area contributed by atoms with Crippen molar-refractivity contribution in [2.24, 2.45) is 7.05 Å². The van der Waals surface area contributed by atoms with Gasteiger partial charge in [-0.25, -0.2) is 4.98 Å². The Hall–Kier alpha value is -3.02. The number of nitrogens with one attached hydrogen (secondary N) is 1. The van der Waals surface area contributed by atoms with E-state index in [0.717, 1.165) is 28.4 Å². The van der Waals surface area contributed by atoms with Gasteiger partial charge in [0.2, 0.25) is 5.88 Å². The Kier molecular flexibility index (Phi) is 5.43. The third-order valence-electron chi connectivity index (χ3n) is 4.61. The summed E-state index contributed by atoms with van der Waals surface area (Å²) in [6.07, 6.45) is 2.55. The van der Waals surface area contributed by atoms with E-state index in [2.05, 4.69) is 10.3 Å². The largest absolute Gasteiger partial charge is 0.439 e. The zero-order valence-electron chi connectivity index (χ0n) is 15.5. The molecule has 4 aromatic rings. The SMILES string of the molecule is Cn1c(C=O)cc2cc(Oc3ccc(NCc4ccc(Cl)c(Cl)c4)cn3)ccc21. The highest BCUT2D eigenvalue weighted by Crippen LogP contribution is 2.27. The van der Waals surface area contributed by atoms with Gasteiger partial charge in [-0.2, -0.15) is 0 Å². The standard InChI is InChI=1S/C22H17Cl2N3O2/c1-27-17(13-28)9-15-10-18(4-6-21(15)27)29-22-7-3-16(12-26-22)25-11-14-2-5-19(23)20(24)8-14/h2-10,12-13,25H,11H2,1H3. The lowest BCUT2D eigenvalue weighted by Gasteiger charge is -2.09. The number of fused-ring (bicyclic) bond motifs is 1. The molecule has 0 aliphatic heterocycles. The number of nitrogens with zero attached hydrogens (tertiary/aromatic N) is 2. The van der Waals surface area contributed by atoms with Gasteiger partial charge in [-0.05, 0) is 48.0 Å². The van der Waals surface area contributed by atoms with Gasteiger partial charge in [-0.1, -0.05) is 29.3 Å². The lowest BCUT2D eigenvalue weighted by Crippen LogP contribution is -2.00. The third-order valence-corrected chi connectivity index (χ3v) is 5.35. The number of pyridine rings is 1. The van der Waals surface area contributed by atoms with E-state index >= 15 is 0 Å². The molecule has 0 amide bonds. The Morgan fingerprint density at radius 2 is 1.93 bits per heavy atom. The highest BCUT2D eigenvalue weighted by Gasteiger charge is 2.07. The number of carbonyl (C=O) groups is 1. The predicted molar refractivity (Wildman–Crippen MR) is 116 cm³/mol. The first-order chi connectivity index (χ1) is 14.0. The number of aromatic nitrogens is 2. The van der Waals surface area contributed by atoms with E-state index in [1.165, 1.54) is 0 Å². The number of rotatable bonds is 6. The molecule has 4 rings (SSSR count). The fraction of sp³-hybridized carbons (Fsp3) is 0.0909. The summed E-state index contributed by atoms with van der Waals surface area (Å²) in [5.41, 5.74) is 3.46. The van der Waals surface area contributed by atoms with E-state index in [9.17, 15) is 4.79 Å². The van der Waals surface area contributed by atoms with E-state index in [1.54, 1.807) is 18.3 Å². The van der Waals surface area contributed by atoms with Crippen LogP contribution in [0.25, 0.3) is 10.9 Å². The highest BCUT2D eigenvalue weighted by molar-refractivity contribution is 6.42. The second-order valence-corrected chi connectivity index (χ2v) is 7.37. The minimum atomic E-state index is 0.482. The van der Waals surface area contributed by atoms with Crippen molar-refractivity contribution in [2.45, 2.75) is 6.54 Å². The smallest absolute Gasteiger partial charge is 0.219 e. The molecule has 2 heterocycles. The summed E-state index contributed by atoms with van der Waals surface area (Å²) in [6, 6.07) is 16.7. The molecule has 0 saturated carbocycles. The number of anilines is 1. The molecule has 0 aliphatic carbocycles. The topological polar surface area (TPSA) is 56.1 Å². The average Bonchev–Trinajstić information content (AvgIpc) is 3.05. The summed E-state index contributed by atoms with van der Waals surface area (Å²) >= 11 is 12.0. The Bertz CT molecular complexity index is 1190. The van der Waals surface area contributed by atoms with Gasteiger partial charge in [0, 0.05) is 30.6 Å². The number of aldehydes is 1. The highest BCUT2D eigenvalue weighted by atomic mass is 35.5. The van der Waals surface area contributed by atoms with E-state index in [0.29, 0.717) is 33.9 Å². The first kappa shape index (κ1) is 19.3. The number of aryl methyl sites for hydroxylation is 1. The fourth-order valence-electron chi connectivity index (χ4n) is 3.05. The van der Waals surface area contributed by atoms with Crippen LogP contribution in [0.15, 0.2) is 60.8 Å². The number of halogens is 2. The second kappa shape index (κ2) is 8.15. The van der Waals surface area contributed by atoms with Crippen molar-refractivity contribution in [3.8, 4) is 11.6 Å². The van der Waals surface area contributed by atoms with Crippen LogP contribution >= 0.6 is 23.2 Å². The zero-order valence-corrected chi connectivity index (χ0v) is 17.0. The number of hydrogen-bond acceptors (Lipinski definition) is 4. The van der Waals surface area contributed by atoms with Crippen molar-refractivity contribution < 1.29 is 9.53 Å². The summed E-state index contributed by atoms with van der Waals surface area (Å²) in [5.74, 6) is 1.14. The Morgan fingerprint density at radius 3 is 2.66 bits per heavy atom. The number of carbonyl (C=O) groups excluding carboxylic acids is 1. The minimum Gasteiger partial charge on any atom is -0.439 e. The Labute approximate surface area is 177 Å². The first-order valence-corrected chi connectivity index (χ1v) is 9.65. The maximum absolute atomic E-state index is 11.1. The molecule has 0 atom stereocenters. The van der Waals surface area contributed by atoms with E-state index in [1.807, 2.05) is 54.1 Å². The van der Waals surface area contributed by atoms with Crippen LogP contribution in [0.2, 0.25) is 10.0 Å². The van der Waals surface area contributed by atoms with Gasteiger partial charge in [0.25, 0.3) is 0 Å². The van der Waals surface area contributed by atoms with Crippen LogP contribution in [-0.2, 0) is 13.6 Å². The van der Waals surface area contributed by atoms with Crippen LogP contribution in [0.3, 0.4) is 0 Å². The quantitative estimate of drug-likeness (QED) is 0.379. The van der Waals surface area contributed by atoms with Crippen molar-refractivity contribution in [3.05, 3.63) is 82.1 Å². The molecule has 0 radical (unpaired) electrons. The van der Waals surface area contributed by atoms with Crippen LogP contribution in [0.1, 0.15) is 16.1 Å².